The maximum atomic E-state index is 12.7. The minimum Gasteiger partial charge on any atom is -0.367 e. The van der Waals surface area contributed by atoms with Crippen molar-refractivity contribution >= 4 is 28.9 Å². The van der Waals surface area contributed by atoms with Crippen LogP contribution in [-0.2, 0) is 9.59 Å². The molecule has 0 unspecified atom stereocenters. The fourth-order valence-corrected chi connectivity index (χ4v) is 4.05. The number of anilines is 2. The summed E-state index contributed by atoms with van der Waals surface area (Å²) in [4.78, 5) is 39.5. The molecule has 0 N–H and O–H groups in total. The SMILES string of the molecule is CCN(CC)c1ccc(N2C(=O)[C@H]3CCCC[C@H]3C2=O)cc1[N+](=O)[O-]. The number of rotatable bonds is 5. The summed E-state index contributed by atoms with van der Waals surface area (Å²) in [5.41, 5.74) is 0.749. The van der Waals surface area contributed by atoms with Crippen LogP contribution in [0.3, 0.4) is 0 Å². The molecule has 7 nitrogen and oxygen atoms in total. The van der Waals surface area contributed by atoms with Crippen LogP contribution in [0.25, 0.3) is 0 Å². The maximum absolute atomic E-state index is 12.7. The summed E-state index contributed by atoms with van der Waals surface area (Å²) in [6.07, 6.45) is 3.36. The molecular formula is C18H23N3O4. The van der Waals surface area contributed by atoms with Gasteiger partial charge in [0.1, 0.15) is 5.69 Å². The van der Waals surface area contributed by atoms with Gasteiger partial charge in [0.2, 0.25) is 11.8 Å². The number of nitro benzene ring substituents is 1. The molecule has 3 rings (SSSR count). The third kappa shape index (κ3) is 2.88. The van der Waals surface area contributed by atoms with Crippen molar-refractivity contribution in [3.8, 4) is 0 Å². The molecule has 1 aliphatic carbocycles. The molecule has 1 aromatic carbocycles. The monoisotopic (exact) mass is 345 g/mol. The van der Waals surface area contributed by atoms with E-state index in [1.54, 1.807) is 12.1 Å². The molecule has 0 aromatic heterocycles. The highest BCUT2D eigenvalue weighted by molar-refractivity contribution is 6.22. The number of hydrogen-bond donors (Lipinski definition) is 0. The van der Waals surface area contributed by atoms with E-state index >= 15 is 0 Å². The van der Waals surface area contributed by atoms with Crippen LogP contribution >= 0.6 is 0 Å². The maximum Gasteiger partial charge on any atom is 0.294 e. The van der Waals surface area contributed by atoms with Crippen LogP contribution in [0.15, 0.2) is 18.2 Å². The molecule has 134 valence electrons. The second kappa shape index (κ2) is 6.82. The summed E-state index contributed by atoms with van der Waals surface area (Å²) in [5.74, 6) is -0.940. The van der Waals surface area contributed by atoms with Crippen molar-refractivity contribution < 1.29 is 14.5 Å². The largest absolute Gasteiger partial charge is 0.367 e. The lowest BCUT2D eigenvalue weighted by atomic mass is 9.81. The molecule has 0 radical (unpaired) electrons. The van der Waals surface area contributed by atoms with Crippen LogP contribution in [0.5, 0.6) is 0 Å². The van der Waals surface area contributed by atoms with Crippen molar-refractivity contribution in [3.05, 3.63) is 28.3 Å². The molecule has 0 spiro atoms. The van der Waals surface area contributed by atoms with Crippen LogP contribution in [-0.4, -0.2) is 29.8 Å². The first kappa shape index (κ1) is 17.4. The first-order valence-electron chi connectivity index (χ1n) is 8.90. The zero-order chi connectivity index (χ0) is 18.1. The topological polar surface area (TPSA) is 83.8 Å². The number of imide groups is 1. The van der Waals surface area contributed by atoms with Crippen molar-refractivity contribution in [2.24, 2.45) is 11.8 Å². The first-order chi connectivity index (χ1) is 12.0. The molecule has 0 bridgehead atoms. The molecule has 2 amide bonds. The lowest BCUT2D eigenvalue weighted by Crippen LogP contribution is -2.31. The predicted molar refractivity (Wildman–Crippen MR) is 94.6 cm³/mol. The average Bonchev–Trinajstić information content (AvgIpc) is 2.87. The smallest absolute Gasteiger partial charge is 0.294 e. The van der Waals surface area contributed by atoms with E-state index in [0.717, 1.165) is 25.7 Å². The van der Waals surface area contributed by atoms with E-state index in [4.69, 9.17) is 0 Å². The Labute approximate surface area is 146 Å². The lowest BCUT2D eigenvalue weighted by Gasteiger charge is -2.22. The fourth-order valence-electron chi connectivity index (χ4n) is 4.05. The van der Waals surface area contributed by atoms with Crippen molar-refractivity contribution in [1.82, 2.24) is 0 Å². The van der Waals surface area contributed by atoms with Gasteiger partial charge < -0.3 is 4.90 Å². The molecule has 7 heteroatoms. The van der Waals surface area contributed by atoms with Gasteiger partial charge in [-0.3, -0.25) is 19.7 Å². The Morgan fingerprint density at radius 2 is 1.68 bits per heavy atom. The highest BCUT2D eigenvalue weighted by Crippen LogP contribution is 2.41. The third-order valence-electron chi connectivity index (χ3n) is 5.36. The Bertz CT molecular complexity index is 690. The Morgan fingerprint density at radius 1 is 1.12 bits per heavy atom. The highest BCUT2D eigenvalue weighted by atomic mass is 16.6. The van der Waals surface area contributed by atoms with Gasteiger partial charge in [-0.15, -0.1) is 0 Å². The molecular weight excluding hydrogens is 322 g/mol. The summed E-state index contributed by atoms with van der Waals surface area (Å²) in [6.45, 7) is 5.14. The highest BCUT2D eigenvalue weighted by Gasteiger charge is 2.49. The standard InChI is InChI=1S/C18H23N3O4/c1-3-19(4-2)15-10-9-12(11-16(15)21(24)25)20-17(22)13-7-5-6-8-14(13)18(20)23/h9-11,13-14H,3-8H2,1-2H3/t13-,14+. The molecule has 1 heterocycles. The van der Waals surface area contributed by atoms with E-state index in [9.17, 15) is 19.7 Å². The quantitative estimate of drug-likeness (QED) is 0.465. The normalized spacial score (nSPS) is 22.9. The van der Waals surface area contributed by atoms with Crippen molar-refractivity contribution in [1.29, 1.82) is 0 Å². The second-order valence-electron chi connectivity index (χ2n) is 6.61. The van der Waals surface area contributed by atoms with Crippen LogP contribution in [0, 0.1) is 22.0 Å². The molecule has 2 aliphatic rings. The summed E-state index contributed by atoms with van der Waals surface area (Å²) in [7, 11) is 0. The van der Waals surface area contributed by atoms with Crippen LogP contribution < -0.4 is 9.80 Å². The van der Waals surface area contributed by atoms with Gasteiger partial charge in [-0.1, -0.05) is 12.8 Å². The molecule has 2 atom stereocenters. The number of hydrogen-bond acceptors (Lipinski definition) is 5. The van der Waals surface area contributed by atoms with E-state index < -0.39 is 4.92 Å². The number of nitro groups is 1. The molecule has 1 aromatic rings. The van der Waals surface area contributed by atoms with Crippen LogP contribution in [0.1, 0.15) is 39.5 Å². The molecule has 1 aliphatic heterocycles. The molecule has 2 fully saturated rings. The van der Waals surface area contributed by atoms with Crippen LogP contribution in [0.4, 0.5) is 17.1 Å². The fraction of sp³-hybridized carbons (Fsp3) is 0.556. The second-order valence-corrected chi connectivity index (χ2v) is 6.61. The summed E-state index contributed by atoms with van der Waals surface area (Å²) in [6, 6.07) is 4.65. The van der Waals surface area contributed by atoms with Gasteiger partial charge in [-0.2, -0.15) is 0 Å². The van der Waals surface area contributed by atoms with Gasteiger partial charge >= 0.3 is 0 Å². The van der Waals surface area contributed by atoms with E-state index in [2.05, 4.69) is 0 Å². The number of carbonyl (C=O) groups is 2. The van der Waals surface area contributed by atoms with Gasteiger partial charge in [0.15, 0.2) is 0 Å². The number of fused-ring (bicyclic) bond motifs is 1. The zero-order valence-electron chi connectivity index (χ0n) is 14.6. The van der Waals surface area contributed by atoms with E-state index in [0.29, 0.717) is 24.5 Å². The minimum atomic E-state index is -0.449. The van der Waals surface area contributed by atoms with E-state index in [-0.39, 0.29) is 29.3 Å². The molecule has 1 saturated carbocycles. The average molecular weight is 345 g/mol. The van der Waals surface area contributed by atoms with Gasteiger partial charge in [0, 0.05) is 19.2 Å². The Balaban J connectivity index is 2.00. The minimum absolute atomic E-state index is 0.0725. The number of amides is 2. The summed E-state index contributed by atoms with van der Waals surface area (Å²) >= 11 is 0. The zero-order valence-corrected chi connectivity index (χ0v) is 14.6. The molecule has 25 heavy (non-hydrogen) atoms. The van der Waals surface area contributed by atoms with Crippen molar-refractivity contribution in [2.75, 3.05) is 22.9 Å². The van der Waals surface area contributed by atoms with E-state index in [1.807, 2.05) is 18.7 Å². The third-order valence-corrected chi connectivity index (χ3v) is 5.36. The predicted octanol–water partition coefficient (Wildman–Crippen LogP) is 3.12. The van der Waals surface area contributed by atoms with Gasteiger partial charge in [-0.05, 0) is 38.8 Å². The number of benzene rings is 1. The van der Waals surface area contributed by atoms with Gasteiger partial charge in [0.25, 0.3) is 5.69 Å². The Kier molecular flexibility index (Phi) is 4.74. The van der Waals surface area contributed by atoms with Crippen molar-refractivity contribution in [3.63, 3.8) is 0 Å². The number of carbonyl (C=O) groups excluding carboxylic acids is 2. The van der Waals surface area contributed by atoms with E-state index in [1.165, 1.54) is 11.0 Å². The van der Waals surface area contributed by atoms with Gasteiger partial charge in [-0.25, -0.2) is 4.90 Å². The Morgan fingerprint density at radius 3 is 2.16 bits per heavy atom. The van der Waals surface area contributed by atoms with Gasteiger partial charge in [0.05, 0.1) is 22.4 Å². The van der Waals surface area contributed by atoms with Crippen molar-refractivity contribution in [2.45, 2.75) is 39.5 Å². The lowest BCUT2D eigenvalue weighted by molar-refractivity contribution is -0.384. The molecule has 1 saturated heterocycles. The first-order valence-corrected chi connectivity index (χ1v) is 8.90. The summed E-state index contributed by atoms with van der Waals surface area (Å²) < 4.78 is 0. The van der Waals surface area contributed by atoms with Crippen LogP contribution in [0.2, 0.25) is 0 Å². The Hall–Kier alpha value is -2.44. The number of nitrogens with zero attached hydrogens (tertiary/aromatic N) is 3. The summed E-state index contributed by atoms with van der Waals surface area (Å²) in [5, 5.41) is 11.5.